The Bertz CT molecular complexity index is 641. The van der Waals surface area contributed by atoms with Crippen LogP contribution < -0.4 is 0 Å². The molecule has 1 aromatic carbocycles. The number of aryl methyl sites for hydroxylation is 1. The fourth-order valence-corrected chi connectivity index (χ4v) is 2.58. The van der Waals surface area contributed by atoms with E-state index in [4.69, 9.17) is 5.11 Å². The summed E-state index contributed by atoms with van der Waals surface area (Å²) in [6.45, 7) is 1.91. The van der Waals surface area contributed by atoms with Crippen molar-refractivity contribution in [1.29, 1.82) is 0 Å². The zero-order valence-corrected chi connectivity index (χ0v) is 10.1. The first-order valence-corrected chi connectivity index (χ1v) is 5.92. The van der Waals surface area contributed by atoms with Crippen LogP contribution in [0.1, 0.15) is 29.0 Å². The summed E-state index contributed by atoms with van der Waals surface area (Å²) >= 11 is 0. The summed E-state index contributed by atoms with van der Waals surface area (Å²) in [6.07, 6.45) is 1.82. The van der Waals surface area contributed by atoms with Gasteiger partial charge in [-0.05, 0) is 31.9 Å². The average molecular weight is 246 g/mol. The smallest absolute Gasteiger partial charge is 0.337 e. The van der Waals surface area contributed by atoms with E-state index in [-0.39, 0.29) is 17.7 Å². The molecule has 5 heteroatoms. The lowest BCUT2D eigenvalue weighted by atomic mass is 10.1. The molecule has 3 rings (SSSR count). The van der Waals surface area contributed by atoms with E-state index in [1.807, 2.05) is 17.6 Å². The topological polar surface area (TPSA) is 75.3 Å². The van der Waals surface area contributed by atoms with Gasteiger partial charge in [-0.25, -0.2) is 9.78 Å². The number of aromatic nitrogens is 2. The van der Waals surface area contributed by atoms with Crippen molar-refractivity contribution in [3.05, 3.63) is 29.6 Å². The van der Waals surface area contributed by atoms with Crippen LogP contribution in [0.25, 0.3) is 11.0 Å². The third kappa shape index (κ3) is 1.37. The normalized spacial score (nSPS) is 17.0. The third-order valence-corrected chi connectivity index (χ3v) is 3.68. The molecule has 0 saturated heterocycles. The molecule has 1 saturated carbocycles. The number of carbonyl (C=O) groups is 1. The Balaban J connectivity index is 2.31. The van der Waals surface area contributed by atoms with Gasteiger partial charge in [0.05, 0.1) is 23.2 Å². The number of imidazole rings is 1. The van der Waals surface area contributed by atoms with Crippen LogP contribution in [0.5, 0.6) is 0 Å². The third-order valence-electron chi connectivity index (χ3n) is 3.68. The first-order valence-electron chi connectivity index (χ1n) is 5.92. The molecular weight excluding hydrogens is 232 g/mol. The SMILES string of the molecule is Cc1nc2c(C(=O)O)cccc2n1C1(CO)CC1. The molecule has 0 atom stereocenters. The van der Waals surface area contributed by atoms with Crippen LogP contribution in [0.15, 0.2) is 18.2 Å². The van der Waals surface area contributed by atoms with Crippen LogP contribution in [0.2, 0.25) is 0 Å². The van der Waals surface area contributed by atoms with E-state index in [0.717, 1.165) is 24.2 Å². The lowest BCUT2D eigenvalue weighted by Crippen LogP contribution is -2.22. The van der Waals surface area contributed by atoms with Gasteiger partial charge in [-0.1, -0.05) is 6.07 Å². The lowest BCUT2D eigenvalue weighted by Gasteiger charge is -2.17. The molecule has 1 heterocycles. The standard InChI is InChI=1S/C13H14N2O3/c1-8-14-11-9(12(17)18)3-2-4-10(11)15(8)13(7-16)5-6-13/h2-4,16H,5-7H2,1H3,(H,17,18). The Morgan fingerprint density at radius 1 is 1.50 bits per heavy atom. The second-order valence-corrected chi connectivity index (χ2v) is 4.86. The van der Waals surface area contributed by atoms with E-state index in [1.54, 1.807) is 12.1 Å². The monoisotopic (exact) mass is 246 g/mol. The van der Waals surface area contributed by atoms with Gasteiger partial charge in [0.2, 0.25) is 0 Å². The van der Waals surface area contributed by atoms with Crippen LogP contribution in [-0.4, -0.2) is 32.3 Å². The number of fused-ring (bicyclic) bond motifs is 1. The van der Waals surface area contributed by atoms with Gasteiger partial charge in [-0.2, -0.15) is 0 Å². The van der Waals surface area contributed by atoms with Gasteiger partial charge in [0.25, 0.3) is 0 Å². The van der Waals surface area contributed by atoms with Crippen molar-refractivity contribution in [3.63, 3.8) is 0 Å². The van der Waals surface area contributed by atoms with Gasteiger partial charge < -0.3 is 14.8 Å². The molecule has 2 N–H and O–H groups in total. The summed E-state index contributed by atoms with van der Waals surface area (Å²) < 4.78 is 1.98. The van der Waals surface area contributed by atoms with E-state index in [9.17, 15) is 9.90 Å². The maximum atomic E-state index is 11.2. The first-order chi connectivity index (χ1) is 8.59. The summed E-state index contributed by atoms with van der Waals surface area (Å²) in [7, 11) is 0. The predicted octanol–water partition coefficient (Wildman–Crippen LogP) is 1.52. The summed E-state index contributed by atoms with van der Waals surface area (Å²) in [5.41, 5.74) is 1.24. The van der Waals surface area contributed by atoms with E-state index in [1.165, 1.54) is 0 Å². The van der Waals surface area contributed by atoms with Crippen molar-refractivity contribution >= 4 is 17.0 Å². The van der Waals surface area contributed by atoms with Crippen molar-refractivity contribution in [3.8, 4) is 0 Å². The van der Waals surface area contributed by atoms with Crippen molar-refractivity contribution in [2.24, 2.45) is 0 Å². The lowest BCUT2D eigenvalue weighted by molar-refractivity contribution is 0.0699. The van der Waals surface area contributed by atoms with E-state index < -0.39 is 5.97 Å². The number of carboxylic acid groups (broad SMARTS) is 1. The van der Waals surface area contributed by atoms with Crippen LogP contribution in [0.4, 0.5) is 0 Å². The summed E-state index contributed by atoms with van der Waals surface area (Å²) in [4.78, 5) is 15.5. The number of hydrogen-bond donors (Lipinski definition) is 2. The first kappa shape index (κ1) is 11.2. The Kier molecular flexibility index (Phi) is 2.22. The number of para-hydroxylation sites is 1. The van der Waals surface area contributed by atoms with Crippen LogP contribution in [0.3, 0.4) is 0 Å². The molecule has 0 aliphatic heterocycles. The maximum Gasteiger partial charge on any atom is 0.337 e. The van der Waals surface area contributed by atoms with E-state index in [0.29, 0.717) is 5.52 Å². The van der Waals surface area contributed by atoms with Gasteiger partial charge in [0, 0.05) is 0 Å². The average Bonchev–Trinajstić information content (AvgIpc) is 3.05. The van der Waals surface area contributed by atoms with Gasteiger partial charge >= 0.3 is 5.97 Å². The Hall–Kier alpha value is -1.88. The minimum absolute atomic E-state index is 0.0661. The van der Waals surface area contributed by atoms with Crippen LogP contribution in [0, 0.1) is 6.92 Å². The zero-order chi connectivity index (χ0) is 12.9. The summed E-state index contributed by atoms with van der Waals surface area (Å²) in [5, 5.41) is 18.7. The van der Waals surface area contributed by atoms with Gasteiger partial charge in [0.1, 0.15) is 11.3 Å². The molecule has 0 amide bonds. The number of aliphatic hydroxyl groups excluding tert-OH is 1. The minimum atomic E-state index is -0.973. The second-order valence-electron chi connectivity index (χ2n) is 4.86. The number of carboxylic acids is 1. The molecule has 0 bridgehead atoms. The van der Waals surface area contributed by atoms with Gasteiger partial charge in [-0.3, -0.25) is 0 Å². The Morgan fingerprint density at radius 3 is 2.78 bits per heavy atom. The molecule has 2 aromatic rings. The molecular formula is C13H14N2O3. The van der Waals surface area contributed by atoms with E-state index >= 15 is 0 Å². The number of aromatic carboxylic acids is 1. The molecule has 1 aliphatic carbocycles. The van der Waals surface area contributed by atoms with Crippen molar-refractivity contribution in [1.82, 2.24) is 9.55 Å². The fraction of sp³-hybridized carbons (Fsp3) is 0.385. The highest BCUT2D eigenvalue weighted by Gasteiger charge is 2.45. The molecule has 18 heavy (non-hydrogen) atoms. The largest absolute Gasteiger partial charge is 0.478 e. The van der Waals surface area contributed by atoms with E-state index in [2.05, 4.69) is 4.98 Å². The van der Waals surface area contributed by atoms with Gasteiger partial charge in [0.15, 0.2) is 0 Å². The highest BCUT2D eigenvalue weighted by Crippen LogP contribution is 2.45. The summed E-state index contributed by atoms with van der Waals surface area (Å²) in [5.74, 6) is -0.218. The van der Waals surface area contributed by atoms with Crippen molar-refractivity contribution in [2.45, 2.75) is 25.3 Å². The van der Waals surface area contributed by atoms with Gasteiger partial charge in [-0.15, -0.1) is 0 Å². The number of rotatable bonds is 3. The zero-order valence-electron chi connectivity index (χ0n) is 10.1. The molecule has 1 aromatic heterocycles. The molecule has 1 fully saturated rings. The van der Waals surface area contributed by atoms with Crippen molar-refractivity contribution < 1.29 is 15.0 Å². The predicted molar refractivity (Wildman–Crippen MR) is 65.7 cm³/mol. The number of hydrogen-bond acceptors (Lipinski definition) is 3. The maximum absolute atomic E-state index is 11.2. The fourth-order valence-electron chi connectivity index (χ4n) is 2.58. The Labute approximate surface area is 104 Å². The number of aliphatic hydroxyl groups is 1. The Morgan fingerprint density at radius 2 is 2.22 bits per heavy atom. The number of benzene rings is 1. The molecule has 5 nitrogen and oxygen atoms in total. The molecule has 0 radical (unpaired) electrons. The second kappa shape index (κ2) is 3.55. The van der Waals surface area contributed by atoms with Crippen LogP contribution >= 0.6 is 0 Å². The molecule has 1 aliphatic rings. The molecule has 0 spiro atoms. The highest BCUT2D eigenvalue weighted by molar-refractivity contribution is 6.01. The van der Waals surface area contributed by atoms with Crippen molar-refractivity contribution in [2.75, 3.05) is 6.61 Å². The minimum Gasteiger partial charge on any atom is -0.478 e. The highest BCUT2D eigenvalue weighted by atomic mass is 16.4. The van der Waals surface area contributed by atoms with Crippen LogP contribution in [-0.2, 0) is 5.54 Å². The number of nitrogens with zero attached hydrogens (tertiary/aromatic N) is 2. The molecule has 0 unspecified atom stereocenters. The quantitative estimate of drug-likeness (QED) is 0.861. The molecule has 94 valence electrons. The summed E-state index contributed by atoms with van der Waals surface area (Å²) in [6, 6.07) is 5.13.